The molecule has 0 fully saturated rings. The standard InChI is InChI=1S/2C8H10O5.C2H5.Al/c2*1-4(9)8(5(2)10,6(3)11)7(12)13;1-2;/h2*1-3H3,(H,12,13);1H2,2H3;/q;;;+2/p-2. The zero-order valence-electron chi connectivity index (χ0n) is 17.4. The SMILES string of the molecule is CC(=O)C(C(C)=O)(C(C)=O)C(=O)[O-].CC(=O)C(C(C)=O)(C(C)=O)C(=O)[O-].C[CH2][Al+2]. The van der Waals surface area contributed by atoms with E-state index in [1.165, 1.54) is 5.28 Å². The molecule has 0 aromatic rings. The zero-order valence-corrected chi connectivity index (χ0v) is 18.5. The summed E-state index contributed by atoms with van der Waals surface area (Å²) in [6.07, 6.45) is 0. The van der Waals surface area contributed by atoms with Crippen LogP contribution in [0, 0.1) is 10.8 Å². The molecule has 0 aromatic heterocycles. The van der Waals surface area contributed by atoms with E-state index in [1.54, 1.807) is 0 Å². The Labute approximate surface area is 176 Å². The molecule has 0 N–H and O–H groups in total. The number of aliphatic carboxylic acids is 2. The van der Waals surface area contributed by atoms with Crippen LogP contribution in [0.2, 0.25) is 5.28 Å². The maximum atomic E-state index is 10.9. The Hall–Kier alpha value is -2.51. The molecule has 0 spiro atoms. The van der Waals surface area contributed by atoms with Gasteiger partial charge in [-0.25, -0.2) is 0 Å². The van der Waals surface area contributed by atoms with Gasteiger partial charge in [0.15, 0.2) is 45.5 Å². The van der Waals surface area contributed by atoms with Crippen LogP contribution in [0.1, 0.15) is 48.5 Å². The van der Waals surface area contributed by atoms with E-state index in [0.717, 1.165) is 41.5 Å². The van der Waals surface area contributed by atoms with E-state index in [-0.39, 0.29) is 0 Å². The van der Waals surface area contributed by atoms with Crippen molar-refractivity contribution in [1.29, 1.82) is 0 Å². The first kappa shape index (κ1) is 31.2. The number of carboxylic acids is 2. The van der Waals surface area contributed by atoms with Crippen molar-refractivity contribution in [2.24, 2.45) is 10.8 Å². The van der Waals surface area contributed by atoms with Crippen LogP contribution in [-0.4, -0.2) is 62.9 Å². The number of ketones is 6. The van der Waals surface area contributed by atoms with Crippen molar-refractivity contribution in [3.8, 4) is 0 Å². The van der Waals surface area contributed by atoms with Crippen LogP contribution < -0.4 is 10.2 Å². The first-order valence-corrected chi connectivity index (χ1v) is 8.97. The predicted molar refractivity (Wildman–Crippen MR) is 95.2 cm³/mol. The first-order valence-electron chi connectivity index (χ1n) is 8.16. The molecule has 0 saturated heterocycles. The van der Waals surface area contributed by atoms with E-state index in [9.17, 15) is 48.6 Å². The summed E-state index contributed by atoms with van der Waals surface area (Å²) >= 11 is 2.58. The van der Waals surface area contributed by atoms with Gasteiger partial charge in [-0.05, 0) is 41.5 Å². The van der Waals surface area contributed by atoms with Gasteiger partial charge in [-0.3, -0.25) is 28.8 Å². The van der Waals surface area contributed by atoms with Crippen molar-refractivity contribution in [2.75, 3.05) is 0 Å². The Kier molecular flexibility index (Phi) is 13.8. The molecule has 10 nitrogen and oxygen atoms in total. The van der Waals surface area contributed by atoms with Crippen LogP contribution >= 0.6 is 0 Å². The Morgan fingerprint density at radius 1 is 0.552 bits per heavy atom. The fraction of sp³-hybridized carbons (Fsp3) is 0.556. The van der Waals surface area contributed by atoms with Gasteiger partial charge in [0, 0.05) is 0 Å². The van der Waals surface area contributed by atoms with Crippen molar-refractivity contribution >= 4 is 62.9 Å². The predicted octanol–water partition coefficient (Wildman–Crippen LogP) is -2.43. The van der Waals surface area contributed by atoms with E-state index < -0.39 is 57.5 Å². The molecule has 0 atom stereocenters. The van der Waals surface area contributed by atoms with Gasteiger partial charge in [-0.1, -0.05) is 0 Å². The third-order valence-electron chi connectivity index (χ3n) is 3.78. The van der Waals surface area contributed by atoms with Crippen molar-refractivity contribution in [3.63, 3.8) is 0 Å². The summed E-state index contributed by atoms with van der Waals surface area (Å²) in [7, 11) is 0. The molecule has 0 heterocycles. The van der Waals surface area contributed by atoms with Gasteiger partial charge in [0.2, 0.25) is 0 Å². The third-order valence-corrected chi connectivity index (χ3v) is 3.78. The van der Waals surface area contributed by atoms with Crippen molar-refractivity contribution in [2.45, 2.75) is 53.7 Å². The van der Waals surface area contributed by atoms with Crippen LogP contribution in [0.3, 0.4) is 0 Å². The Balaban J connectivity index is -0.000000410. The molecule has 0 saturated carbocycles. The monoisotopic (exact) mass is 426 g/mol. The van der Waals surface area contributed by atoms with Gasteiger partial charge >= 0.3 is 28.5 Å². The van der Waals surface area contributed by atoms with Crippen LogP contribution in [0.25, 0.3) is 0 Å². The topological polar surface area (TPSA) is 183 Å². The molecule has 0 aliphatic rings. The molecule has 0 amide bonds. The summed E-state index contributed by atoms with van der Waals surface area (Å²) in [6.45, 7) is 7.33. The molecule has 0 radical (unpaired) electrons. The Morgan fingerprint density at radius 2 is 0.655 bits per heavy atom. The summed E-state index contributed by atoms with van der Waals surface area (Å²) in [5.74, 6) is -10.0. The second-order valence-electron chi connectivity index (χ2n) is 5.82. The van der Waals surface area contributed by atoms with E-state index in [0.29, 0.717) is 0 Å². The number of carboxylic acid groups (broad SMARTS) is 2. The van der Waals surface area contributed by atoms with Gasteiger partial charge in [-0.15, -0.1) is 0 Å². The van der Waals surface area contributed by atoms with Gasteiger partial charge in [-0.2, -0.15) is 0 Å². The van der Waals surface area contributed by atoms with E-state index in [4.69, 9.17) is 0 Å². The number of hydrogen-bond acceptors (Lipinski definition) is 10. The fourth-order valence-corrected chi connectivity index (χ4v) is 2.35. The van der Waals surface area contributed by atoms with E-state index in [2.05, 4.69) is 23.2 Å². The fourth-order valence-electron chi connectivity index (χ4n) is 2.35. The minimum absolute atomic E-state index is 0.874. The summed E-state index contributed by atoms with van der Waals surface area (Å²) in [5.41, 5.74) is -5.22. The van der Waals surface area contributed by atoms with Crippen LogP contribution in [0.5, 0.6) is 0 Å². The summed E-state index contributed by atoms with van der Waals surface area (Å²) in [4.78, 5) is 86.7. The number of rotatable bonds is 8. The third kappa shape index (κ3) is 6.80. The molecule has 29 heavy (non-hydrogen) atoms. The molecule has 0 aliphatic carbocycles. The van der Waals surface area contributed by atoms with Crippen LogP contribution in [0.4, 0.5) is 0 Å². The quantitative estimate of drug-likeness (QED) is 0.299. The second-order valence-corrected chi connectivity index (χ2v) is 6.64. The van der Waals surface area contributed by atoms with Crippen LogP contribution in [0.15, 0.2) is 0 Å². The molecule has 0 aromatic carbocycles. The first-order chi connectivity index (χ1) is 13.0. The summed E-state index contributed by atoms with van der Waals surface area (Å²) < 4.78 is 0. The van der Waals surface area contributed by atoms with Gasteiger partial charge in [0.25, 0.3) is 0 Å². The molecule has 158 valence electrons. The van der Waals surface area contributed by atoms with Crippen molar-refractivity contribution in [3.05, 3.63) is 0 Å². The molecule has 0 bridgehead atoms. The van der Waals surface area contributed by atoms with Crippen molar-refractivity contribution in [1.82, 2.24) is 0 Å². The molecule has 11 heteroatoms. The Bertz CT molecular complexity index is 537. The molecule has 0 unspecified atom stereocenters. The average molecular weight is 426 g/mol. The number of hydrogen-bond donors (Lipinski definition) is 0. The average Bonchev–Trinajstić information content (AvgIpc) is 2.45. The summed E-state index contributed by atoms with van der Waals surface area (Å²) in [5, 5.41) is 22.3. The van der Waals surface area contributed by atoms with E-state index in [1.807, 2.05) is 0 Å². The second kappa shape index (κ2) is 12.9. The van der Waals surface area contributed by atoms with Gasteiger partial charge in [0.1, 0.15) is 0 Å². The summed E-state index contributed by atoms with van der Waals surface area (Å²) in [6, 6.07) is 0. The molecule has 0 rings (SSSR count). The zero-order chi connectivity index (χ0) is 24.3. The van der Waals surface area contributed by atoms with E-state index >= 15 is 0 Å². The maximum absolute atomic E-state index is 10.9. The normalized spacial score (nSPS) is 10.2. The van der Waals surface area contributed by atoms with Crippen molar-refractivity contribution < 1.29 is 48.6 Å². The molecular formula is C18H23AlO10. The van der Waals surface area contributed by atoms with Gasteiger partial charge < -0.3 is 19.8 Å². The number of carbonyl (C=O) groups excluding carboxylic acids is 8. The number of Topliss-reactive ketones (excluding diaryl/α,β-unsaturated/α-hetero) is 6. The van der Waals surface area contributed by atoms with Crippen LogP contribution in [-0.2, 0) is 38.4 Å². The number of carbonyl (C=O) groups is 8. The molecule has 0 aliphatic heterocycles. The Morgan fingerprint density at radius 3 is 0.655 bits per heavy atom. The molecular weight excluding hydrogens is 403 g/mol. The van der Waals surface area contributed by atoms with Gasteiger partial charge in [0.05, 0.1) is 11.9 Å². The minimum atomic E-state index is -2.61.